The third-order valence-electron chi connectivity index (χ3n) is 4.35. The van der Waals surface area contributed by atoms with Gasteiger partial charge in [-0.25, -0.2) is 0 Å². The van der Waals surface area contributed by atoms with Crippen LogP contribution in [-0.2, 0) is 16.0 Å². The molecule has 24 heavy (non-hydrogen) atoms. The van der Waals surface area contributed by atoms with E-state index in [0.717, 1.165) is 17.9 Å². The van der Waals surface area contributed by atoms with Gasteiger partial charge < -0.3 is 10.4 Å². The fraction of sp³-hybridized carbons (Fsp3) is 0.412. The maximum absolute atomic E-state index is 12.2. The number of nitrogens with zero attached hydrogens (tertiary/aromatic N) is 3. The maximum atomic E-state index is 12.2. The molecule has 0 aliphatic heterocycles. The van der Waals surface area contributed by atoms with Crippen LogP contribution in [0.4, 0.5) is 0 Å². The van der Waals surface area contributed by atoms with Gasteiger partial charge in [0.1, 0.15) is 5.82 Å². The van der Waals surface area contributed by atoms with Crippen LogP contribution in [0.15, 0.2) is 36.5 Å². The maximum Gasteiger partial charge on any atom is 0.307 e. The number of aromatic nitrogens is 3. The zero-order chi connectivity index (χ0) is 16.9. The van der Waals surface area contributed by atoms with E-state index in [1.807, 2.05) is 40.9 Å². The first-order valence-electron chi connectivity index (χ1n) is 8.11. The van der Waals surface area contributed by atoms with Gasteiger partial charge in [-0.15, -0.1) is 10.2 Å². The van der Waals surface area contributed by atoms with E-state index in [9.17, 15) is 14.7 Å². The average molecular weight is 328 g/mol. The van der Waals surface area contributed by atoms with E-state index in [2.05, 4.69) is 15.5 Å². The number of carboxylic acid groups (broad SMARTS) is 1. The molecule has 0 saturated carbocycles. The van der Waals surface area contributed by atoms with Crippen molar-refractivity contribution in [2.24, 2.45) is 11.8 Å². The summed E-state index contributed by atoms with van der Waals surface area (Å²) in [5.74, 6) is -1.35. The van der Waals surface area contributed by atoms with Crippen LogP contribution < -0.4 is 5.32 Å². The first kappa shape index (κ1) is 16.2. The lowest BCUT2D eigenvalue weighted by Gasteiger charge is -2.24. The summed E-state index contributed by atoms with van der Waals surface area (Å²) in [5.41, 5.74) is 0.801. The van der Waals surface area contributed by atoms with Gasteiger partial charge >= 0.3 is 5.97 Å². The second-order valence-electron chi connectivity index (χ2n) is 5.93. The van der Waals surface area contributed by atoms with Gasteiger partial charge in [-0.2, -0.15) is 0 Å². The Hall–Kier alpha value is -2.70. The Balaban J connectivity index is 1.50. The van der Waals surface area contributed by atoms with Crippen LogP contribution in [0.2, 0.25) is 0 Å². The Bertz CT molecular complexity index is 768. The van der Waals surface area contributed by atoms with E-state index < -0.39 is 17.8 Å². The Morgan fingerprint density at radius 2 is 2.00 bits per heavy atom. The lowest BCUT2D eigenvalue weighted by Crippen LogP contribution is -2.39. The molecule has 3 rings (SSSR count). The van der Waals surface area contributed by atoms with Crippen molar-refractivity contribution in [3.63, 3.8) is 0 Å². The summed E-state index contributed by atoms with van der Waals surface area (Å²) in [6, 6.07) is 5.72. The number of rotatable bonds is 6. The second kappa shape index (κ2) is 7.25. The number of amides is 1. The van der Waals surface area contributed by atoms with Crippen molar-refractivity contribution >= 4 is 17.5 Å². The number of nitrogens with one attached hydrogen (secondary N) is 1. The molecule has 1 amide bonds. The third-order valence-corrected chi connectivity index (χ3v) is 4.35. The molecule has 2 aromatic heterocycles. The van der Waals surface area contributed by atoms with Crippen LogP contribution in [0, 0.1) is 11.8 Å². The highest BCUT2D eigenvalue weighted by Crippen LogP contribution is 2.25. The molecule has 0 saturated heterocycles. The van der Waals surface area contributed by atoms with Gasteiger partial charge in [0.05, 0.1) is 11.8 Å². The van der Waals surface area contributed by atoms with Crippen molar-refractivity contribution < 1.29 is 14.7 Å². The predicted molar refractivity (Wildman–Crippen MR) is 87.3 cm³/mol. The lowest BCUT2D eigenvalue weighted by molar-refractivity contribution is -0.147. The molecule has 0 aromatic carbocycles. The van der Waals surface area contributed by atoms with Crippen LogP contribution in [0.1, 0.15) is 25.1 Å². The number of pyridine rings is 1. The number of carboxylic acids is 1. The highest BCUT2D eigenvalue weighted by atomic mass is 16.4. The average Bonchev–Trinajstić information content (AvgIpc) is 3.01. The summed E-state index contributed by atoms with van der Waals surface area (Å²) in [6.07, 6.45) is 7.94. The smallest absolute Gasteiger partial charge is 0.307 e. The number of aryl methyl sites for hydroxylation is 1. The number of carbonyl (C=O) groups is 2. The SMILES string of the molecule is O=C(O)C1CC=CCC1C(=O)NCCCc1nnc2ccccn12. The fourth-order valence-corrected chi connectivity index (χ4v) is 3.03. The third kappa shape index (κ3) is 3.45. The standard InChI is InChI=1S/C17H20N4O3/c22-16(12-6-1-2-7-13(12)17(23)24)18-10-5-9-15-20-19-14-8-3-4-11-21(14)15/h1-4,8,11-13H,5-7,9-10H2,(H,18,22)(H,23,24). The zero-order valence-corrected chi connectivity index (χ0v) is 13.3. The van der Waals surface area contributed by atoms with Crippen molar-refractivity contribution in [1.82, 2.24) is 19.9 Å². The van der Waals surface area contributed by atoms with Gasteiger partial charge in [0, 0.05) is 19.2 Å². The summed E-state index contributed by atoms with van der Waals surface area (Å²) in [7, 11) is 0. The molecule has 7 nitrogen and oxygen atoms in total. The van der Waals surface area contributed by atoms with E-state index in [1.165, 1.54) is 0 Å². The molecule has 0 spiro atoms. The van der Waals surface area contributed by atoms with Crippen LogP contribution >= 0.6 is 0 Å². The first-order valence-corrected chi connectivity index (χ1v) is 8.11. The minimum absolute atomic E-state index is 0.183. The van der Waals surface area contributed by atoms with Gasteiger partial charge in [0.15, 0.2) is 5.65 Å². The van der Waals surface area contributed by atoms with Crippen molar-refractivity contribution in [2.75, 3.05) is 6.54 Å². The van der Waals surface area contributed by atoms with Gasteiger partial charge in [0.25, 0.3) is 0 Å². The Labute approximate surface area is 139 Å². The minimum Gasteiger partial charge on any atom is -0.481 e. The quantitative estimate of drug-likeness (QED) is 0.618. The van der Waals surface area contributed by atoms with Crippen molar-refractivity contribution in [1.29, 1.82) is 0 Å². The molecule has 2 heterocycles. The van der Waals surface area contributed by atoms with E-state index in [0.29, 0.717) is 25.8 Å². The van der Waals surface area contributed by atoms with Gasteiger partial charge in [-0.3, -0.25) is 14.0 Å². The number of hydrogen-bond acceptors (Lipinski definition) is 4. The number of carbonyl (C=O) groups excluding carboxylic acids is 1. The van der Waals surface area contributed by atoms with Crippen LogP contribution in [0.5, 0.6) is 0 Å². The number of aliphatic carboxylic acids is 1. The highest BCUT2D eigenvalue weighted by Gasteiger charge is 2.33. The van der Waals surface area contributed by atoms with Crippen molar-refractivity contribution in [2.45, 2.75) is 25.7 Å². The minimum atomic E-state index is -0.908. The summed E-state index contributed by atoms with van der Waals surface area (Å²) >= 11 is 0. The fourth-order valence-electron chi connectivity index (χ4n) is 3.03. The topological polar surface area (TPSA) is 96.6 Å². The first-order chi connectivity index (χ1) is 11.7. The molecule has 2 N–H and O–H groups in total. The van der Waals surface area contributed by atoms with Crippen LogP contribution in [0.25, 0.3) is 5.65 Å². The molecule has 0 bridgehead atoms. The van der Waals surface area contributed by atoms with E-state index >= 15 is 0 Å². The van der Waals surface area contributed by atoms with Gasteiger partial charge in [-0.05, 0) is 31.4 Å². The molecular weight excluding hydrogens is 308 g/mol. The molecule has 1 aliphatic carbocycles. The normalized spacial score (nSPS) is 20.2. The van der Waals surface area contributed by atoms with Crippen molar-refractivity contribution in [3.05, 3.63) is 42.4 Å². The highest BCUT2D eigenvalue weighted by molar-refractivity contribution is 5.85. The number of allylic oxidation sites excluding steroid dienone is 2. The molecule has 1 aliphatic rings. The van der Waals surface area contributed by atoms with Gasteiger partial charge in [0.2, 0.25) is 5.91 Å². The largest absolute Gasteiger partial charge is 0.481 e. The lowest BCUT2D eigenvalue weighted by atomic mass is 9.82. The van der Waals surface area contributed by atoms with Crippen molar-refractivity contribution in [3.8, 4) is 0 Å². The zero-order valence-electron chi connectivity index (χ0n) is 13.3. The van der Waals surface area contributed by atoms with E-state index in [-0.39, 0.29) is 5.91 Å². The van der Waals surface area contributed by atoms with Gasteiger partial charge in [-0.1, -0.05) is 18.2 Å². The molecule has 7 heteroatoms. The van der Waals surface area contributed by atoms with E-state index in [1.54, 1.807) is 0 Å². The Morgan fingerprint density at radius 1 is 1.21 bits per heavy atom. The molecule has 2 unspecified atom stereocenters. The monoisotopic (exact) mass is 328 g/mol. The molecule has 0 radical (unpaired) electrons. The molecular formula is C17H20N4O3. The Kier molecular flexibility index (Phi) is 4.88. The molecule has 126 valence electrons. The van der Waals surface area contributed by atoms with E-state index in [4.69, 9.17) is 0 Å². The second-order valence-corrected chi connectivity index (χ2v) is 5.93. The summed E-state index contributed by atoms with van der Waals surface area (Å²) in [5, 5.41) is 20.3. The number of fused-ring (bicyclic) bond motifs is 1. The number of hydrogen-bond donors (Lipinski definition) is 2. The summed E-state index contributed by atoms with van der Waals surface area (Å²) in [6.45, 7) is 0.493. The predicted octanol–water partition coefficient (Wildman–Crippen LogP) is 1.45. The Morgan fingerprint density at radius 3 is 2.79 bits per heavy atom. The van der Waals surface area contributed by atoms with Crippen LogP contribution in [0.3, 0.4) is 0 Å². The summed E-state index contributed by atoms with van der Waals surface area (Å²) in [4.78, 5) is 23.5. The molecule has 2 aromatic rings. The molecule has 2 atom stereocenters. The molecule has 0 fully saturated rings. The summed E-state index contributed by atoms with van der Waals surface area (Å²) < 4.78 is 1.92. The van der Waals surface area contributed by atoms with Crippen LogP contribution in [-0.4, -0.2) is 38.1 Å².